The van der Waals surface area contributed by atoms with E-state index < -0.39 is 38.7 Å². The van der Waals surface area contributed by atoms with Crippen LogP contribution >= 0.6 is 11.8 Å². The van der Waals surface area contributed by atoms with Gasteiger partial charge in [0.25, 0.3) is 5.56 Å². The van der Waals surface area contributed by atoms with Gasteiger partial charge in [-0.2, -0.15) is 18.2 Å². The van der Waals surface area contributed by atoms with Gasteiger partial charge in [0.15, 0.2) is 19.7 Å². The summed E-state index contributed by atoms with van der Waals surface area (Å²) in [4.78, 5) is 28.7. The molecule has 1 aliphatic rings. The molecule has 0 aromatic carbocycles. The molecule has 0 N–H and O–H groups in total. The first-order chi connectivity index (χ1) is 15.4. The normalized spacial score (nSPS) is 23.9. The highest BCUT2D eigenvalue weighted by Gasteiger charge is 2.49. The van der Waals surface area contributed by atoms with Crippen LogP contribution in [0.2, 0.25) is 18.1 Å². The van der Waals surface area contributed by atoms with E-state index >= 15 is 0 Å². The van der Waals surface area contributed by atoms with Crippen molar-refractivity contribution in [1.82, 2.24) is 14.5 Å². The van der Waals surface area contributed by atoms with Crippen LogP contribution in [0.1, 0.15) is 52.8 Å². The summed E-state index contributed by atoms with van der Waals surface area (Å²) in [6, 6.07) is 0. The van der Waals surface area contributed by atoms with Gasteiger partial charge >= 0.3 is 12.1 Å². The summed E-state index contributed by atoms with van der Waals surface area (Å²) in [7, 11) is -1.20. The first-order valence-electron chi connectivity index (χ1n) is 11.3. The van der Waals surface area contributed by atoms with E-state index in [9.17, 15) is 22.8 Å². The molecular weight excluding hydrogens is 487 g/mol. The van der Waals surface area contributed by atoms with Crippen LogP contribution in [-0.2, 0) is 20.5 Å². The maximum Gasteiger partial charge on any atom is 0.471 e. The molecule has 0 bridgehead atoms. The molecule has 0 aliphatic carbocycles. The molecule has 1 aliphatic heterocycles. The van der Waals surface area contributed by atoms with Crippen molar-refractivity contribution < 1.29 is 27.1 Å². The van der Waals surface area contributed by atoms with Gasteiger partial charge in [-0.15, -0.1) is 0 Å². The third kappa shape index (κ3) is 6.06. The number of nitrogens with zero attached hydrogens (tertiary/aromatic N) is 3. The molecule has 1 aromatic heterocycles. The largest absolute Gasteiger partial charge is 0.471 e. The molecule has 0 radical (unpaired) electrons. The second kappa shape index (κ2) is 10.3. The predicted octanol–water partition coefficient (Wildman–Crippen LogP) is 4.82. The van der Waals surface area contributed by atoms with Crippen LogP contribution in [0.3, 0.4) is 0 Å². The van der Waals surface area contributed by atoms with Gasteiger partial charge in [0.2, 0.25) is 0 Å². The molecule has 1 unspecified atom stereocenters. The Bertz CT molecular complexity index is 949. The monoisotopic (exact) mass is 523 g/mol. The van der Waals surface area contributed by atoms with E-state index in [0.717, 1.165) is 13.5 Å². The van der Waals surface area contributed by atoms with Crippen LogP contribution in [-0.4, -0.2) is 60.4 Å². The number of amides is 1. The number of ether oxygens (including phenoxy) is 1. The molecular formula is C22H36F3N3O4SSi. The summed E-state index contributed by atoms with van der Waals surface area (Å²) >= 11 is 1.24. The molecule has 1 amide bonds. The maximum absolute atomic E-state index is 12.9. The molecule has 12 heteroatoms. The Morgan fingerprint density at radius 3 is 2.38 bits per heavy atom. The van der Waals surface area contributed by atoms with Crippen molar-refractivity contribution in [2.45, 2.75) is 95.5 Å². The minimum atomic E-state index is -5.03. The lowest BCUT2D eigenvalue weighted by molar-refractivity contribution is -0.184. The molecule has 2 rings (SSSR count). The first kappa shape index (κ1) is 28.9. The van der Waals surface area contributed by atoms with E-state index in [1.165, 1.54) is 18.0 Å². The fraction of sp³-hybridized carbons (Fsp3) is 0.773. The lowest BCUT2D eigenvalue weighted by Gasteiger charge is -2.40. The van der Waals surface area contributed by atoms with Gasteiger partial charge in [-0.05, 0) is 30.8 Å². The highest BCUT2D eigenvalue weighted by molar-refractivity contribution is 7.98. The Hall–Kier alpha value is -1.37. The van der Waals surface area contributed by atoms with Crippen molar-refractivity contribution in [3.05, 3.63) is 22.1 Å². The maximum atomic E-state index is 12.9. The number of aromatic nitrogens is 2. The van der Waals surface area contributed by atoms with Crippen molar-refractivity contribution in [2.24, 2.45) is 5.92 Å². The summed E-state index contributed by atoms with van der Waals surface area (Å²) in [6.07, 6.45) is -2.08. The van der Waals surface area contributed by atoms with Crippen LogP contribution in [0.5, 0.6) is 0 Å². The van der Waals surface area contributed by atoms with Crippen molar-refractivity contribution in [2.75, 3.05) is 13.3 Å². The Morgan fingerprint density at radius 1 is 1.32 bits per heavy atom. The number of carbonyl (C=O) groups is 1. The van der Waals surface area contributed by atoms with Gasteiger partial charge in [0.1, 0.15) is 0 Å². The SMILES string of the molecule is CC[C@H]1O[C@@H](n2cc(CN(C)C(=O)C(F)(F)F)c(=O)nc2SC)[C@@H](O[Si](C)(C)C(C)(C)C)C1C. The topological polar surface area (TPSA) is 73.7 Å². The average Bonchev–Trinajstić information content (AvgIpc) is 3.01. The third-order valence-electron chi connectivity index (χ3n) is 6.78. The quantitative estimate of drug-likeness (QED) is 0.290. The number of hydrogen-bond donors (Lipinski definition) is 0. The lowest BCUT2D eigenvalue weighted by atomic mass is 9.99. The average molecular weight is 524 g/mol. The Kier molecular flexibility index (Phi) is 8.76. The minimum absolute atomic E-state index is 0.0276. The summed E-state index contributed by atoms with van der Waals surface area (Å²) in [5, 5.41) is 0.327. The number of thioether (sulfide) groups is 1. The highest BCUT2D eigenvalue weighted by atomic mass is 32.2. The van der Waals surface area contributed by atoms with E-state index in [2.05, 4.69) is 45.8 Å². The molecule has 7 nitrogen and oxygen atoms in total. The number of halogens is 3. The van der Waals surface area contributed by atoms with Crippen LogP contribution in [0, 0.1) is 5.92 Å². The zero-order valence-corrected chi connectivity index (χ0v) is 23.1. The van der Waals surface area contributed by atoms with Crippen molar-refractivity contribution in [3.8, 4) is 0 Å². The zero-order valence-electron chi connectivity index (χ0n) is 21.3. The highest BCUT2D eigenvalue weighted by Crippen LogP contribution is 2.44. The Labute approximate surface area is 204 Å². The van der Waals surface area contributed by atoms with E-state index in [0.29, 0.717) is 10.1 Å². The molecule has 1 aromatic rings. The van der Waals surface area contributed by atoms with Crippen LogP contribution < -0.4 is 5.56 Å². The molecule has 0 spiro atoms. The molecule has 4 atom stereocenters. The summed E-state index contributed by atoms with van der Waals surface area (Å²) in [5.74, 6) is -1.97. The number of alkyl halides is 3. The van der Waals surface area contributed by atoms with Gasteiger partial charge in [-0.25, -0.2) is 0 Å². The number of rotatable bonds is 7. The standard InChI is InChI=1S/C22H36F3N3O4SSi/c1-10-15-13(2)16(32-34(8,9)21(3,4)5)18(31-15)28-12-14(17(29)26-20(28)33-7)11-27(6)19(30)22(23,24)25/h12-13,15-16,18H,10-11H2,1-9H3/t13?,15-,16+,18-/m1/s1. The lowest BCUT2D eigenvalue weighted by Crippen LogP contribution is -2.47. The predicted molar refractivity (Wildman–Crippen MR) is 128 cm³/mol. The Balaban J connectivity index is 2.52. The smallest absolute Gasteiger partial charge is 0.409 e. The van der Waals surface area contributed by atoms with Gasteiger partial charge in [0, 0.05) is 19.2 Å². The first-order valence-corrected chi connectivity index (χ1v) is 15.4. The van der Waals surface area contributed by atoms with Crippen LogP contribution in [0.4, 0.5) is 13.2 Å². The summed E-state index contributed by atoms with van der Waals surface area (Å²) < 4.78 is 53.4. The van der Waals surface area contributed by atoms with E-state index in [1.54, 1.807) is 10.8 Å². The molecule has 1 fully saturated rings. The van der Waals surface area contributed by atoms with Gasteiger partial charge in [-0.1, -0.05) is 46.4 Å². The fourth-order valence-corrected chi connectivity index (χ4v) is 5.61. The fourth-order valence-electron chi connectivity index (χ4n) is 3.71. The zero-order chi connectivity index (χ0) is 26.2. The summed E-state index contributed by atoms with van der Waals surface area (Å²) in [6.45, 7) is 14.3. The van der Waals surface area contributed by atoms with Gasteiger partial charge in [-0.3, -0.25) is 14.2 Å². The second-order valence-electron chi connectivity index (χ2n) is 10.3. The molecule has 34 heavy (non-hydrogen) atoms. The second-order valence-corrected chi connectivity index (χ2v) is 15.8. The van der Waals surface area contributed by atoms with Crippen LogP contribution in [0.15, 0.2) is 16.1 Å². The number of carbonyl (C=O) groups excluding carboxylic acids is 1. The Morgan fingerprint density at radius 2 is 1.91 bits per heavy atom. The van der Waals surface area contributed by atoms with E-state index in [-0.39, 0.29) is 28.7 Å². The molecule has 0 saturated carbocycles. The molecule has 2 heterocycles. The van der Waals surface area contributed by atoms with E-state index in [1.807, 2.05) is 6.92 Å². The van der Waals surface area contributed by atoms with Crippen LogP contribution in [0.25, 0.3) is 0 Å². The summed E-state index contributed by atoms with van der Waals surface area (Å²) in [5.41, 5.74) is -0.706. The number of hydrogen-bond acceptors (Lipinski definition) is 6. The third-order valence-corrected chi connectivity index (χ3v) is 11.9. The van der Waals surface area contributed by atoms with Gasteiger partial charge < -0.3 is 14.1 Å². The van der Waals surface area contributed by atoms with E-state index in [4.69, 9.17) is 9.16 Å². The molecule has 194 valence electrons. The van der Waals surface area contributed by atoms with Crippen molar-refractivity contribution in [1.29, 1.82) is 0 Å². The minimum Gasteiger partial charge on any atom is -0.409 e. The van der Waals surface area contributed by atoms with Crippen molar-refractivity contribution in [3.63, 3.8) is 0 Å². The van der Waals surface area contributed by atoms with Crippen molar-refractivity contribution >= 4 is 26.0 Å². The molecule has 1 saturated heterocycles. The van der Waals surface area contributed by atoms with Gasteiger partial charge in [0.05, 0.1) is 24.3 Å².